The van der Waals surface area contributed by atoms with Crippen molar-refractivity contribution in [3.05, 3.63) is 42.5 Å². The summed E-state index contributed by atoms with van der Waals surface area (Å²) < 4.78 is 5.60. The van der Waals surface area contributed by atoms with Gasteiger partial charge in [-0.2, -0.15) is 0 Å². The fourth-order valence-electron chi connectivity index (χ4n) is 2.61. The first kappa shape index (κ1) is 13.9. The molecule has 1 heterocycles. The Morgan fingerprint density at radius 2 is 1.86 bits per heavy atom. The molecule has 2 aromatic rings. The van der Waals surface area contributed by atoms with Gasteiger partial charge in [0.15, 0.2) is 6.61 Å². The minimum Gasteiger partial charge on any atom is -0.484 e. The normalized spacial score (nSPS) is 16.1. The molecule has 0 saturated carbocycles. The van der Waals surface area contributed by atoms with Crippen LogP contribution < -0.4 is 4.74 Å². The molecule has 0 unspecified atom stereocenters. The molecule has 1 aliphatic rings. The minimum atomic E-state index is -0.268. The molecule has 2 aromatic carbocycles. The van der Waals surface area contributed by atoms with Crippen LogP contribution in [0.1, 0.15) is 12.8 Å². The zero-order valence-corrected chi connectivity index (χ0v) is 11.9. The average molecular weight is 285 g/mol. The topological polar surface area (TPSA) is 49.8 Å². The quantitative estimate of drug-likeness (QED) is 0.940. The SMILES string of the molecule is O=C(COc1ccc2ccccc2c1)N1CCC(O)CC1. The number of hydrogen-bond donors (Lipinski definition) is 1. The highest BCUT2D eigenvalue weighted by Crippen LogP contribution is 2.20. The van der Waals surface area contributed by atoms with Crippen molar-refractivity contribution in [1.29, 1.82) is 0 Å². The molecule has 1 fully saturated rings. The van der Waals surface area contributed by atoms with Crippen molar-refractivity contribution in [3.8, 4) is 5.75 Å². The largest absolute Gasteiger partial charge is 0.484 e. The smallest absolute Gasteiger partial charge is 0.260 e. The van der Waals surface area contributed by atoms with Crippen LogP contribution in [-0.4, -0.2) is 41.7 Å². The maximum atomic E-state index is 12.1. The van der Waals surface area contributed by atoms with Gasteiger partial charge in [0.1, 0.15) is 5.75 Å². The Bertz CT molecular complexity index is 633. The molecular weight excluding hydrogens is 266 g/mol. The molecule has 4 heteroatoms. The van der Waals surface area contributed by atoms with Crippen LogP contribution in [0.3, 0.4) is 0 Å². The van der Waals surface area contributed by atoms with Gasteiger partial charge >= 0.3 is 0 Å². The summed E-state index contributed by atoms with van der Waals surface area (Å²) in [6.07, 6.45) is 1.04. The second-order valence-electron chi connectivity index (χ2n) is 5.41. The van der Waals surface area contributed by atoms with Crippen LogP contribution in [0.5, 0.6) is 5.75 Å². The molecular formula is C17H19NO3. The molecule has 0 spiro atoms. The molecule has 0 bridgehead atoms. The molecule has 1 aliphatic heterocycles. The van der Waals surface area contributed by atoms with E-state index in [4.69, 9.17) is 4.74 Å². The molecule has 0 radical (unpaired) electrons. The van der Waals surface area contributed by atoms with Crippen molar-refractivity contribution in [1.82, 2.24) is 4.90 Å². The van der Waals surface area contributed by atoms with Gasteiger partial charge in [-0.15, -0.1) is 0 Å². The van der Waals surface area contributed by atoms with Crippen LogP contribution in [-0.2, 0) is 4.79 Å². The van der Waals surface area contributed by atoms with Gasteiger partial charge in [0, 0.05) is 13.1 Å². The van der Waals surface area contributed by atoms with E-state index in [1.54, 1.807) is 4.90 Å². The van der Waals surface area contributed by atoms with Crippen LogP contribution in [0.15, 0.2) is 42.5 Å². The maximum Gasteiger partial charge on any atom is 0.260 e. The summed E-state index contributed by atoms with van der Waals surface area (Å²) in [6.45, 7) is 1.27. The van der Waals surface area contributed by atoms with Crippen LogP contribution in [0.2, 0.25) is 0 Å². The third kappa shape index (κ3) is 3.34. The van der Waals surface area contributed by atoms with E-state index >= 15 is 0 Å². The molecule has 0 aromatic heterocycles. The van der Waals surface area contributed by atoms with Crippen LogP contribution in [0, 0.1) is 0 Å². The number of aliphatic hydroxyl groups excluding tert-OH is 1. The molecule has 0 atom stereocenters. The second kappa shape index (κ2) is 6.14. The Morgan fingerprint density at radius 1 is 1.14 bits per heavy atom. The summed E-state index contributed by atoms with van der Waals surface area (Å²) in [4.78, 5) is 13.8. The predicted molar refractivity (Wildman–Crippen MR) is 81.3 cm³/mol. The van der Waals surface area contributed by atoms with E-state index in [1.807, 2.05) is 42.5 Å². The Labute approximate surface area is 123 Å². The minimum absolute atomic E-state index is 0.0185. The Hall–Kier alpha value is -2.07. The molecule has 0 aliphatic carbocycles. The highest BCUT2D eigenvalue weighted by atomic mass is 16.5. The average Bonchev–Trinajstić information content (AvgIpc) is 2.53. The Morgan fingerprint density at radius 3 is 2.62 bits per heavy atom. The van der Waals surface area contributed by atoms with Gasteiger partial charge in [0.25, 0.3) is 5.91 Å². The van der Waals surface area contributed by atoms with Crippen molar-refractivity contribution in [2.24, 2.45) is 0 Å². The van der Waals surface area contributed by atoms with Crippen molar-refractivity contribution in [3.63, 3.8) is 0 Å². The van der Waals surface area contributed by atoms with Crippen LogP contribution >= 0.6 is 0 Å². The molecule has 4 nitrogen and oxygen atoms in total. The summed E-state index contributed by atoms with van der Waals surface area (Å²) in [5, 5.41) is 11.7. The van der Waals surface area contributed by atoms with E-state index in [9.17, 15) is 9.90 Å². The molecule has 1 amide bonds. The number of fused-ring (bicyclic) bond motifs is 1. The van der Waals surface area contributed by atoms with Gasteiger partial charge in [-0.05, 0) is 35.7 Å². The lowest BCUT2D eigenvalue weighted by Gasteiger charge is -2.29. The number of amides is 1. The number of hydrogen-bond acceptors (Lipinski definition) is 3. The standard InChI is InChI=1S/C17H19NO3/c19-15-7-9-18(10-8-15)17(20)12-21-16-6-5-13-3-1-2-4-14(13)11-16/h1-6,11,15,19H,7-10,12H2. The highest BCUT2D eigenvalue weighted by Gasteiger charge is 2.21. The lowest BCUT2D eigenvalue weighted by molar-refractivity contribution is -0.135. The third-order valence-electron chi connectivity index (χ3n) is 3.90. The van der Waals surface area contributed by atoms with Gasteiger partial charge in [-0.3, -0.25) is 4.79 Å². The summed E-state index contributed by atoms with van der Waals surface area (Å²) in [5.74, 6) is 0.689. The van der Waals surface area contributed by atoms with Gasteiger partial charge in [-0.1, -0.05) is 30.3 Å². The molecule has 21 heavy (non-hydrogen) atoms. The van der Waals surface area contributed by atoms with Crippen molar-refractivity contribution in [2.45, 2.75) is 18.9 Å². The highest BCUT2D eigenvalue weighted by molar-refractivity contribution is 5.84. The molecule has 110 valence electrons. The van der Waals surface area contributed by atoms with E-state index in [-0.39, 0.29) is 18.6 Å². The summed E-state index contributed by atoms with van der Waals surface area (Å²) in [6, 6.07) is 13.9. The molecule has 1 N–H and O–H groups in total. The van der Waals surface area contributed by atoms with Gasteiger partial charge in [0.2, 0.25) is 0 Å². The van der Waals surface area contributed by atoms with E-state index in [2.05, 4.69) is 0 Å². The molecule has 1 saturated heterocycles. The fraction of sp³-hybridized carbons (Fsp3) is 0.353. The van der Waals surface area contributed by atoms with Gasteiger partial charge < -0.3 is 14.7 Å². The number of benzene rings is 2. The maximum absolute atomic E-state index is 12.1. The Balaban J connectivity index is 1.59. The number of rotatable bonds is 3. The predicted octanol–water partition coefficient (Wildman–Crippen LogP) is 2.20. The zero-order valence-electron chi connectivity index (χ0n) is 11.9. The number of carbonyl (C=O) groups is 1. The summed E-state index contributed by atoms with van der Waals surface area (Å²) in [5.41, 5.74) is 0. The molecule has 3 rings (SSSR count). The van der Waals surface area contributed by atoms with Crippen LogP contribution in [0.4, 0.5) is 0 Å². The van der Waals surface area contributed by atoms with Crippen molar-refractivity contribution < 1.29 is 14.6 Å². The monoisotopic (exact) mass is 285 g/mol. The fourth-order valence-corrected chi connectivity index (χ4v) is 2.61. The first-order valence-electron chi connectivity index (χ1n) is 7.30. The van der Waals surface area contributed by atoms with Gasteiger partial charge in [0.05, 0.1) is 6.10 Å². The first-order chi connectivity index (χ1) is 10.2. The number of carbonyl (C=O) groups excluding carboxylic acids is 1. The number of aliphatic hydroxyl groups is 1. The van der Waals surface area contributed by atoms with E-state index in [1.165, 1.54) is 0 Å². The van der Waals surface area contributed by atoms with Crippen molar-refractivity contribution >= 4 is 16.7 Å². The third-order valence-corrected chi connectivity index (χ3v) is 3.90. The number of ether oxygens (including phenoxy) is 1. The Kier molecular flexibility index (Phi) is 4.06. The lowest BCUT2D eigenvalue weighted by atomic mass is 10.1. The zero-order chi connectivity index (χ0) is 14.7. The summed E-state index contributed by atoms with van der Waals surface area (Å²) in [7, 11) is 0. The van der Waals surface area contributed by atoms with E-state index < -0.39 is 0 Å². The second-order valence-corrected chi connectivity index (χ2v) is 5.41. The van der Waals surface area contributed by atoms with Crippen LogP contribution in [0.25, 0.3) is 10.8 Å². The first-order valence-corrected chi connectivity index (χ1v) is 7.30. The number of likely N-dealkylation sites (tertiary alicyclic amines) is 1. The van der Waals surface area contributed by atoms with E-state index in [0.29, 0.717) is 31.7 Å². The summed E-state index contributed by atoms with van der Waals surface area (Å²) >= 11 is 0. The number of nitrogens with zero attached hydrogens (tertiary/aromatic N) is 1. The number of piperidine rings is 1. The van der Waals surface area contributed by atoms with Crippen molar-refractivity contribution in [2.75, 3.05) is 19.7 Å². The van der Waals surface area contributed by atoms with Gasteiger partial charge in [-0.25, -0.2) is 0 Å². The van der Waals surface area contributed by atoms with E-state index in [0.717, 1.165) is 10.8 Å². The lowest BCUT2D eigenvalue weighted by Crippen LogP contribution is -2.42.